The highest BCUT2D eigenvalue weighted by Gasteiger charge is 2.20. The number of ether oxygens (including phenoxy) is 1. The molecule has 1 fully saturated rings. The van der Waals surface area contributed by atoms with Crippen LogP contribution in [0, 0.1) is 0 Å². The van der Waals surface area contributed by atoms with Crippen LogP contribution in [0.4, 0.5) is 5.69 Å². The van der Waals surface area contributed by atoms with Gasteiger partial charge in [0.25, 0.3) is 0 Å². The number of amides is 1. The van der Waals surface area contributed by atoms with E-state index in [2.05, 4.69) is 4.98 Å². The summed E-state index contributed by atoms with van der Waals surface area (Å²) in [4.78, 5) is 30.2. The first-order chi connectivity index (χ1) is 12.7. The van der Waals surface area contributed by atoms with Crippen LogP contribution in [0.25, 0.3) is 11.1 Å². The zero-order chi connectivity index (χ0) is 17.9. The van der Waals surface area contributed by atoms with Gasteiger partial charge in [0.15, 0.2) is 12.2 Å². The molecule has 4 rings (SSSR count). The van der Waals surface area contributed by atoms with Gasteiger partial charge < -0.3 is 14.1 Å². The van der Waals surface area contributed by atoms with Crippen molar-refractivity contribution in [1.29, 1.82) is 0 Å². The van der Waals surface area contributed by atoms with Gasteiger partial charge in [-0.15, -0.1) is 0 Å². The van der Waals surface area contributed by atoms with Crippen molar-refractivity contribution in [2.75, 3.05) is 11.4 Å². The van der Waals surface area contributed by atoms with E-state index >= 15 is 0 Å². The van der Waals surface area contributed by atoms with Gasteiger partial charge in [-0.05, 0) is 49.2 Å². The molecule has 1 amide bonds. The lowest BCUT2D eigenvalue weighted by molar-refractivity contribution is -0.119. The smallest absolute Gasteiger partial charge is 0.338 e. The van der Waals surface area contributed by atoms with Crippen molar-refractivity contribution in [2.45, 2.75) is 25.9 Å². The molecule has 3 aromatic rings. The van der Waals surface area contributed by atoms with E-state index in [0.717, 1.165) is 30.6 Å². The normalized spacial score (nSPS) is 14.6. The topological polar surface area (TPSA) is 72.6 Å². The fraction of sp³-hybridized carbons (Fsp3) is 0.250. The monoisotopic (exact) mass is 350 g/mol. The number of fused-ring (bicyclic) bond motifs is 1. The number of para-hydroxylation sites is 2. The van der Waals surface area contributed by atoms with Gasteiger partial charge in [0.05, 0.1) is 5.56 Å². The summed E-state index contributed by atoms with van der Waals surface area (Å²) in [6.45, 7) is 0.695. The lowest BCUT2D eigenvalue weighted by atomic mass is 10.1. The van der Waals surface area contributed by atoms with Gasteiger partial charge in [0, 0.05) is 18.7 Å². The summed E-state index contributed by atoms with van der Waals surface area (Å²) in [7, 11) is 0. The van der Waals surface area contributed by atoms with Crippen LogP contribution in [0.5, 0.6) is 0 Å². The number of oxazole rings is 1. The maximum Gasteiger partial charge on any atom is 0.338 e. The van der Waals surface area contributed by atoms with Gasteiger partial charge in [-0.1, -0.05) is 12.1 Å². The summed E-state index contributed by atoms with van der Waals surface area (Å²) in [5.74, 6) is 0.0291. The Morgan fingerprint density at radius 3 is 2.69 bits per heavy atom. The molecule has 0 radical (unpaired) electrons. The minimum Gasteiger partial charge on any atom is -0.452 e. The molecule has 2 heterocycles. The Balaban J connectivity index is 1.40. The molecule has 1 saturated heterocycles. The Bertz CT molecular complexity index is 913. The number of hydrogen-bond acceptors (Lipinski definition) is 5. The van der Waals surface area contributed by atoms with Crippen molar-refractivity contribution in [3.63, 3.8) is 0 Å². The first-order valence-corrected chi connectivity index (χ1v) is 8.63. The SMILES string of the molecule is O=C(OCc1nc2ccccc2o1)c1ccc(N2CCCCC2=O)cc1. The van der Waals surface area contributed by atoms with E-state index in [0.29, 0.717) is 23.5 Å². The molecule has 6 heteroatoms. The first kappa shape index (κ1) is 16.3. The molecule has 1 aliphatic heterocycles. The van der Waals surface area contributed by atoms with E-state index in [4.69, 9.17) is 9.15 Å². The molecule has 1 aromatic heterocycles. The van der Waals surface area contributed by atoms with Crippen LogP contribution in [0.15, 0.2) is 52.9 Å². The molecule has 132 valence electrons. The minimum atomic E-state index is -0.455. The summed E-state index contributed by atoms with van der Waals surface area (Å²) in [5, 5.41) is 0. The molecular formula is C20H18N2O4. The molecule has 0 saturated carbocycles. The Hall–Kier alpha value is -3.15. The largest absolute Gasteiger partial charge is 0.452 e. The van der Waals surface area contributed by atoms with Gasteiger partial charge in [-0.25, -0.2) is 9.78 Å². The summed E-state index contributed by atoms with van der Waals surface area (Å²) >= 11 is 0. The number of benzene rings is 2. The molecule has 0 spiro atoms. The van der Waals surface area contributed by atoms with Crippen molar-refractivity contribution in [1.82, 2.24) is 4.98 Å². The fourth-order valence-corrected chi connectivity index (χ4v) is 3.05. The maximum absolute atomic E-state index is 12.2. The number of anilines is 1. The zero-order valence-corrected chi connectivity index (χ0v) is 14.2. The predicted octanol–water partition coefficient (Wildman–Crippen LogP) is 3.70. The van der Waals surface area contributed by atoms with E-state index in [-0.39, 0.29) is 12.5 Å². The molecule has 0 unspecified atom stereocenters. The van der Waals surface area contributed by atoms with Crippen molar-refractivity contribution >= 4 is 28.7 Å². The molecule has 0 aliphatic carbocycles. The summed E-state index contributed by atoms with van der Waals surface area (Å²) in [5.41, 5.74) is 2.63. The minimum absolute atomic E-state index is 0.0279. The second kappa shape index (κ2) is 7.00. The summed E-state index contributed by atoms with van der Waals surface area (Å²) < 4.78 is 10.8. The Morgan fingerprint density at radius 1 is 1.12 bits per heavy atom. The lowest BCUT2D eigenvalue weighted by Crippen LogP contribution is -2.35. The number of aromatic nitrogens is 1. The quantitative estimate of drug-likeness (QED) is 0.671. The highest BCUT2D eigenvalue weighted by molar-refractivity contribution is 5.95. The zero-order valence-electron chi connectivity index (χ0n) is 14.2. The van der Waals surface area contributed by atoms with Gasteiger partial charge in [0.1, 0.15) is 5.52 Å². The van der Waals surface area contributed by atoms with Gasteiger partial charge >= 0.3 is 5.97 Å². The first-order valence-electron chi connectivity index (χ1n) is 8.63. The molecular weight excluding hydrogens is 332 g/mol. The Labute approximate surface area is 150 Å². The highest BCUT2D eigenvalue weighted by atomic mass is 16.5. The third kappa shape index (κ3) is 3.31. The maximum atomic E-state index is 12.2. The van der Waals surface area contributed by atoms with Gasteiger partial charge in [-0.3, -0.25) is 4.79 Å². The second-order valence-electron chi connectivity index (χ2n) is 6.20. The van der Waals surface area contributed by atoms with E-state index < -0.39 is 5.97 Å². The number of rotatable bonds is 4. The molecule has 0 bridgehead atoms. The van der Waals surface area contributed by atoms with Crippen LogP contribution >= 0.6 is 0 Å². The van der Waals surface area contributed by atoms with E-state index in [1.165, 1.54) is 0 Å². The number of piperidine rings is 1. The predicted molar refractivity (Wildman–Crippen MR) is 95.8 cm³/mol. The summed E-state index contributed by atoms with van der Waals surface area (Å²) in [6.07, 6.45) is 2.52. The van der Waals surface area contributed by atoms with Crippen molar-refractivity contribution in [2.24, 2.45) is 0 Å². The average Bonchev–Trinajstić information content (AvgIpc) is 3.10. The Kier molecular flexibility index (Phi) is 4.39. The molecule has 2 aromatic carbocycles. The highest BCUT2D eigenvalue weighted by Crippen LogP contribution is 2.22. The van der Waals surface area contributed by atoms with E-state index in [1.54, 1.807) is 29.2 Å². The number of carbonyl (C=O) groups excluding carboxylic acids is 2. The third-order valence-electron chi connectivity index (χ3n) is 4.40. The molecule has 0 atom stereocenters. The molecule has 0 N–H and O–H groups in total. The third-order valence-corrected chi connectivity index (χ3v) is 4.40. The van der Waals surface area contributed by atoms with E-state index in [1.807, 2.05) is 24.3 Å². The van der Waals surface area contributed by atoms with Crippen LogP contribution < -0.4 is 4.90 Å². The van der Waals surface area contributed by atoms with Crippen molar-refractivity contribution < 1.29 is 18.7 Å². The lowest BCUT2D eigenvalue weighted by Gasteiger charge is -2.26. The average molecular weight is 350 g/mol. The summed E-state index contributed by atoms with van der Waals surface area (Å²) in [6, 6.07) is 14.3. The Morgan fingerprint density at radius 2 is 1.92 bits per heavy atom. The van der Waals surface area contributed by atoms with Crippen LogP contribution in [0.1, 0.15) is 35.5 Å². The number of carbonyl (C=O) groups is 2. The van der Waals surface area contributed by atoms with Crippen molar-refractivity contribution in [3.8, 4) is 0 Å². The molecule has 26 heavy (non-hydrogen) atoms. The van der Waals surface area contributed by atoms with Crippen LogP contribution in [-0.4, -0.2) is 23.4 Å². The van der Waals surface area contributed by atoms with Gasteiger partial charge in [0.2, 0.25) is 11.8 Å². The van der Waals surface area contributed by atoms with Crippen LogP contribution in [0.2, 0.25) is 0 Å². The molecule has 1 aliphatic rings. The second-order valence-corrected chi connectivity index (χ2v) is 6.20. The fourth-order valence-electron chi connectivity index (χ4n) is 3.05. The molecule has 6 nitrogen and oxygen atoms in total. The number of nitrogens with zero attached hydrogens (tertiary/aromatic N) is 2. The van der Waals surface area contributed by atoms with Gasteiger partial charge in [-0.2, -0.15) is 0 Å². The standard InChI is InChI=1S/C20H18N2O4/c23-19-7-3-4-12-22(19)15-10-8-14(9-11-15)20(24)25-13-18-21-16-5-1-2-6-17(16)26-18/h1-2,5-6,8-11H,3-4,7,12-13H2. The number of hydrogen-bond donors (Lipinski definition) is 0. The van der Waals surface area contributed by atoms with Crippen LogP contribution in [0.3, 0.4) is 0 Å². The van der Waals surface area contributed by atoms with E-state index in [9.17, 15) is 9.59 Å². The number of esters is 1. The van der Waals surface area contributed by atoms with Crippen LogP contribution in [-0.2, 0) is 16.1 Å². The van der Waals surface area contributed by atoms with Crippen molar-refractivity contribution in [3.05, 3.63) is 60.0 Å².